The first-order valence-electron chi connectivity index (χ1n) is 7.09. The van der Waals surface area contributed by atoms with Crippen LogP contribution in [0.25, 0.3) is 0 Å². The van der Waals surface area contributed by atoms with Gasteiger partial charge in [-0.2, -0.15) is 0 Å². The summed E-state index contributed by atoms with van der Waals surface area (Å²) in [6, 6.07) is 5.85. The molecule has 24 heavy (non-hydrogen) atoms. The van der Waals surface area contributed by atoms with E-state index in [0.717, 1.165) is 9.78 Å². The number of hydrogen-bond donors (Lipinski definition) is 2. The second kappa shape index (κ2) is 6.75. The number of urea groups is 1. The Hall–Kier alpha value is -2.81. The van der Waals surface area contributed by atoms with Crippen LogP contribution in [0.3, 0.4) is 0 Å². The van der Waals surface area contributed by atoms with Crippen LogP contribution in [-0.4, -0.2) is 40.8 Å². The Balaban J connectivity index is 1.60. The summed E-state index contributed by atoms with van der Waals surface area (Å²) >= 11 is 1.21. The van der Waals surface area contributed by atoms with Gasteiger partial charge in [0.15, 0.2) is 5.13 Å². The van der Waals surface area contributed by atoms with Gasteiger partial charge in [0, 0.05) is 17.5 Å². The molecule has 3 rings (SSSR count). The summed E-state index contributed by atoms with van der Waals surface area (Å²) in [7, 11) is 0. The number of amides is 4. The van der Waals surface area contributed by atoms with E-state index < -0.39 is 17.8 Å². The molecule has 1 aromatic carbocycles. The number of hydrogen-bond acceptors (Lipinski definition) is 5. The molecule has 4 amide bonds. The quantitative estimate of drug-likeness (QED) is 0.798. The fourth-order valence-corrected chi connectivity index (χ4v) is 3.05. The van der Waals surface area contributed by atoms with Crippen molar-refractivity contribution in [1.82, 2.24) is 15.2 Å². The molecule has 0 spiro atoms. The lowest BCUT2D eigenvalue weighted by Crippen LogP contribution is -2.38. The first-order valence-corrected chi connectivity index (χ1v) is 7.91. The highest BCUT2D eigenvalue weighted by atomic mass is 32.1. The molecule has 0 aliphatic carbocycles. The maximum Gasteiger partial charge on any atom is 0.325 e. The van der Waals surface area contributed by atoms with Gasteiger partial charge in [0.2, 0.25) is 5.91 Å². The van der Waals surface area contributed by atoms with Crippen molar-refractivity contribution in [1.29, 1.82) is 0 Å². The summed E-state index contributed by atoms with van der Waals surface area (Å²) in [5.74, 6) is -1.27. The Morgan fingerprint density at radius 2 is 2.17 bits per heavy atom. The number of nitrogens with one attached hydrogen (secondary N) is 2. The Bertz CT molecular complexity index is 792. The van der Waals surface area contributed by atoms with Gasteiger partial charge in [-0.25, -0.2) is 14.2 Å². The third-order valence-corrected chi connectivity index (χ3v) is 4.27. The monoisotopic (exact) mass is 348 g/mol. The van der Waals surface area contributed by atoms with Gasteiger partial charge in [0.1, 0.15) is 12.4 Å². The number of rotatable bonds is 5. The number of carbonyl (C=O) groups is 3. The molecular weight excluding hydrogens is 335 g/mol. The van der Waals surface area contributed by atoms with Gasteiger partial charge in [-0.1, -0.05) is 18.2 Å². The Morgan fingerprint density at radius 1 is 1.38 bits per heavy atom. The number of anilines is 1. The summed E-state index contributed by atoms with van der Waals surface area (Å²) in [5.41, 5.74) is 0.540. The Morgan fingerprint density at radius 3 is 2.88 bits per heavy atom. The van der Waals surface area contributed by atoms with E-state index in [1.54, 1.807) is 24.4 Å². The van der Waals surface area contributed by atoms with Crippen LogP contribution < -0.4 is 10.6 Å². The summed E-state index contributed by atoms with van der Waals surface area (Å²) in [6.07, 6.45) is 1.92. The number of benzene rings is 1. The topological polar surface area (TPSA) is 91.4 Å². The molecule has 1 aliphatic heterocycles. The molecule has 0 bridgehead atoms. The van der Waals surface area contributed by atoms with E-state index >= 15 is 0 Å². The van der Waals surface area contributed by atoms with E-state index in [2.05, 4.69) is 15.6 Å². The molecule has 0 unspecified atom stereocenters. The molecule has 2 N–H and O–H groups in total. The summed E-state index contributed by atoms with van der Waals surface area (Å²) < 4.78 is 13.6. The van der Waals surface area contributed by atoms with Gasteiger partial charge in [-0.15, -0.1) is 11.3 Å². The minimum atomic E-state index is -0.588. The van der Waals surface area contributed by atoms with Crippen molar-refractivity contribution in [2.45, 2.75) is 6.42 Å². The van der Waals surface area contributed by atoms with Gasteiger partial charge in [0.25, 0.3) is 5.91 Å². The van der Waals surface area contributed by atoms with E-state index in [1.165, 1.54) is 17.4 Å². The molecule has 124 valence electrons. The Labute approximate surface area is 140 Å². The lowest BCUT2D eigenvalue weighted by Gasteiger charge is -2.10. The van der Waals surface area contributed by atoms with Crippen LogP contribution in [0.2, 0.25) is 0 Å². The Kier molecular flexibility index (Phi) is 4.52. The van der Waals surface area contributed by atoms with Crippen LogP contribution in [0.15, 0.2) is 30.5 Å². The van der Waals surface area contributed by atoms with E-state index in [1.807, 2.05) is 0 Å². The number of halogens is 1. The van der Waals surface area contributed by atoms with Crippen molar-refractivity contribution >= 4 is 34.3 Å². The fraction of sp³-hybridized carbons (Fsp3) is 0.200. The molecule has 1 fully saturated rings. The molecule has 7 nitrogen and oxygen atoms in total. The SMILES string of the molecule is O=C(CN1C(=O)CNC1=O)Nc1ncc(Cc2ccccc2F)s1. The van der Waals surface area contributed by atoms with Gasteiger partial charge in [-0.05, 0) is 11.6 Å². The summed E-state index contributed by atoms with van der Waals surface area (Å²) in [5, 5.41) is 5.20. The number of thiazole rings is 1. The zero-order valence-corrected chi connectivity index (χ0v) is 13.2. The maximum atomic E-state index is 13.6. The predicted molar refractivity (Wildman–Crippen MR) is 85.1 cm³/mol. The average Bonchev–Trinajstić information content (AvgIpc) is 3.11. The van der Waals surface area contributed by atoms with E-state index in [9.17, 15) is 18.8 Å². The maximum absolute atomic E-state index is 13.6. The summed E-state index contributed by atoms with van der Waals surface area (Å²) in [4.78, 5) is 40.4. The second-order valence-corrected chi connectivity index (χ2v) is 6.20. The highest BCUT2D eigenvalue weighted by molar-refractivity contribution is 7.15. The predicted octanol–water partition coefficient (Wildman–Crippen LogP) is 1.36. The van der Waals surface area contributed by atoms with Crippen molar-refractivity contribution in [3.8, 4) is 0 Å². The standard InChI is InChI=1S/C15H13FN4O3S/c16-11-4-2-1-3-9(11)5-10-6-17-14(24-10)19-12(21)8-20-13(22)7-18-15(20)23/h1-4,6H,5,7-8H2,(H,18,23)(H,17,19,21). The number of carbonyl (C=O) groups excluding carboxylic acids is 3. The minimum absolute atomic E-state index is 0.101. The van der Waals surface area contributed by atoms with Gasteiger partial charge < -0.3 is 10.6 Å². The smallest absolute Gasteiger partial charge is 0.325 e. The molecule has 0 saturated carbocycles. The van der Waals surface area contributed by atoms with Crippen molar-refractivity contribution < 1.29 is 18.8 Å². The summed E-state index contributed by atoms with van der Waals surface area (Å²) in [6.45, 7) is -0.469. The molecular formula is C15H13FN4O3S. The average molecular weight is 348 g/mol. The highest BCUT2D eigenvalue weighted by Gasteiger charge is 2.30. The molecule has 1 aromatic heterocycles. The van der Waals surface area contributed by atoms with Gasteiger partial charge in [0.05, 0.1) is 6.54 Å². The molecule has 0 radical (unpaired) electrons. The fourth-order valence-electron chi connectivity index (χ4n) is 2.19. The zero-order chi connectivity index (χ0) is 17.1. The van der Waals surface area contributed by atoms with Crippen molar-refractivity contribution in [3.05, 3.63) is 46.7 Å². The largest absolute Gasteiger partial charge is 0.329 e. The molecule has 1 saturated heterocycles. The van der Waals surface area contributed by atoms with Crippen LogP contribution >= 0.6 is 11.3 Å². The second-order valence-electron chi connectivity index (χ2n) is 5.09. The van der Waals surface area contributed by atoms with Crippen molar-refractivity contribution in [2.75, 3.05) is 18.4 Å². The molecule has 9 heteroatoms. The third kappa shape index (κ3) is 3.57. The highest BCUT2D eigenvalue weighted by Crippen LogP contribution is 2.22. The third-order valence-electron chi connectivity index (χ3n) is 3.36. The molecule has 1 aliphatic rings. The molecule has 2 aromatic rings. The van der Waals surface area contributed by atoms with Crippen LogP contribution in [0, 0.1) is 5.82 Å². The minimum Gasteiger partial charge on any atom is -0.329 e. The normalized spacial score (nSPS) is 14.0. The van der Waals surface area contributed by atoms with Crippen LogP contribution in [0.4, 0.5) is 14.3 Å². The van der Waals surface area contributed by atoms with Crippen molar-refractivity contribution in [2.24, 2.45) is 0 Å². The number of nitrogens with zero attached hydrogens (tertiary/aromatic N) is 2. The van der Waals surface area contributed by atoms with Gasteiger partial charge >= 0.3 is 6.03 Å². The first kappa shape index (κ1) is 16.1. The molecule has 2 heterocycles. The molecule has 0 atom stereocenters. The zero-order valence-electron chi connectivity index (χ0n) is 12.4. The number of aromatic nitrogens is 1. The van der Waals surface area contributed by atoms with Crippen LogP contribution in [-0.2, 0) is 16.0 Å². The van der Waals surface area contributed by atoms with E-state index in [-0.39, 0.29) is 18.9 Å². The van der Waals surface area contributed by atoms with E-state index in [0.29, 0.717) is 17.1 Å². The lowest BCUT2D eigenvalue weighted by molar-refractivity contribution is -0.128. The number of imide groups is 1. The van der Waals surface area contributed by atoms with Crippen LogP contribution in [0.1, 0.15) is 10.4 Å². The van der Waals surface area contributed by atoms with Crippen molar-refractivity contribution in [3.63, 3.8) is 0 Å². The van der Waals surface area contributed by atoms with E-state index in [4.69, 9.17) is 0 Å². The lowest BCUT2D eigenvalue weighted by atomic mass is 10.1. The first-order chi connectivity index (χ1) is 11.5. The van der Waals surface area contributed by atoms with Gasteiger partial charge in [-0.3, -0.25) is 14.5 Å². The van der Waals surface area contributed by atoms with Crippen LogP contribution in [0.5, 0.6) is 0 Å².